The van der Waals surface area contributed by atoms with Gasteiger partial charge >= 0.3 is 13.6 Å². The van der Waals surface area contributed by atoms with Crippen LogP contribution in [-0.2, 0) is 14.1 Å². The molecular weight excluding hydrogens is 311 g/mol. The van der Waals surface area contributed by atoms with Crippen LogP contribution in [0.5, 0.6) is 0 Å². The standard InChI is InChI=1S/C10H12BrO5P/c1-7(11)9(12)16-10(17(13,14)15)8-5-3-2-4-6-8/h2-7,10H,1H3,(H2,13,14,15). The summed E-state index contributed by atoms with van der Waals surface area (Å²) in [6, 6.07) is 7.92. The lowest BCUT2D eigenvalue weighted by molar-refractivity contribution is -0.145. The zero-order chi connectivity index (χ0) is 13.1. The molecule has 17 heavy (non-hydrogen) atoms. The van der Waals surface area contributed by atoms with E-state index in [1.54, 1.807) is 18.2 Å². The van der Waals surface area contributed by atoms with Crippen LogP contribution < -0.4 is 0 Å². The summed E-state index contributed by atoms with van der Waals surface area (Å²) < 4.78 is 16.1. The molecule has 0 aliphatic rings. The second-order valence-corrected chi connectivity index (χ2v) is 6.43. The Kier molecular flexibility index (Phi) is 4.89. The summed E-state index contributed by atoms with van der Waals surface area (Å²) >= 11 is 2.98. The Hall–Kier alpha value is -0.680. The highest BCUT2D eigenvalue weighted by atomic mass is 79.9. The number of hydrogen-bond acceptors (Lipinski definition) is 3. The lowest BCUT2D eigenvalue weighted by atomic mass is 10.2. The fourth-order valence-corrected chi connectivity index (χ4v) is 2.06. The summed E-state index contributed by atoms with van der Waals surface area (Å²) in [5.74, 6) is -2.28. The molecule has 0 fully saturated rings. The van der Waals surface area contributed by atoms with Crippen LogP contribution in [0.25, 0.3) is 0 Å². The predicted octanol–water partition coefficient (Wildman–Crippen LogP) is 2.19. The van der Waals surface area contributed by atoms with Crippen molar-refractivity contribution in [3.05, 3.63) is 35.9 Å². The monoisotopic (exact) mass is 322 g/mol. The molecule has 0 aliphatic carbocycles. The second kappa shape index (κ2) is 5.78. The van der Waals surface area contributed by atoms with E-state index in [4.69, 9.17) is 4.74 Å². The molecule has 0 aromatic heterocycles. The zero-order valence-electron chi connectivity index (χ0n) is 8.99. The van der Waals surface area contributed by atoms with Gasteiger partial charge in [0.15, 0.2) is 0 Å². The molecule has 94 valence electrons. The van der Waals surface area contributed by atoms with Crippen molar-refractivity contribution in [3.63, 3.8) is 0 Å². The number of benzene rings is 1. The van der Waals surface area contributed by atoms with Gasteiger partial charge in [0.25, 0.3) is 0 Å². The molecule has 2 unspecified atom stereocenters. The Balaban J connectivity index is 2.99. The predicted molar refractivity (Wildman–Crippen MR) is 65.7 cm³/mol. The van der Waals surface area contributed by atoms with Crippen molar-refractivity contribution in [2.24, 2.45) is 0 Å². The van der Waals surface area contributed by atoms with Crippen molar-refractivity contribution >= 4 is 29.5 Å². The van der Waals surface area contributed by atoms with Crippen LogP contribution in [-0.4, -0.2) is 20.6 Å². The summed E-state index contributed by atoms with van der Waals surface area (Å²) in [5, 5.41) is 0. The van der Waals surface area contributed by atoms with Gasteiger partial charge < -0.3 is 14.5 Å². The summed E-state index contributed by atoms with van der Waals surface area (Å²) in [7, 11) is -4.56. The van der Waals surface area contributed by atoms with Crippen molar-refractivity contribution < 1.29 is 23.9 Å². The van der Waals surface area contributed by atoms with E-state index in [1.807, 2.05) is 0 Å². The Morgan fingerprint density at radius 3 is 2.29 bits per heavy atom. The second-order valence-electron chi connectivity index (χ2n) is 3.41. The van der Waals surface area contributed by atoms with E-state index >= 15 is 0 Å². The Labute approximate surface area is 107 Å². The Morgan fingerprint density at radius 1 is 1.35 bits per heavy atom. The fourth-order valence-electron chi connectivity index (χ4n) is 1.15. The van der Waals surface area contributed by atoms with Gasteiger partial charge in [-0.1, -0.05) is 46.3 Å². The molecule has 1 aromatic carbocycles. The van der Waals surface area contributed by atoms with Gasteiger partial charge in [-0.3, -0.25) is 9.36 Å². The van der Waals surface area contributed by atoms with Crippen molar-refractivity contribution in [1.82, 2.24) is 0 Å². The van der Waals surface area contributed by atoms with Gasteiger partial charge in [-0.2, -0.15) is 0 Å². The lowest BCUT2D eigenvalue weighted by Crippen LogP contribution is -2.18. The number of rotatable bonds is 4. The van der Waals surface area contributed by atoms with Gasteiger partial charge in [0.2, 0.25) is 5.85 Å². The van der Waals surface area contributed by atoms with E-state index in [0.29, 0.717) is 0 Å². The van der Waals surface area contributed by atoms with E-state index in [1.165, 1.54) is 19.1 Å². The van der Waals surface area contributed by atoms with Crippen molar-refractivity contribution in [3.8, 4) is 0 Å². The smallest absolute Gasteiger partial charge is 0.370 e. The van der Waals surface area contributed by atoms with E-state index in [9.17, 15) is 19.1 Å². The number of hydrogen-bond donors (Lipinski definition) is 2. The molecule has 1 rings (SSSR count). The Morgan fingerprint density at radius 2 is 1.88 bits per heavy atom. The van der Waals surface area contributed by atoms with Crippen molar-refractivity contribution in [1.29, 1.82) is 0 Å². The van der Waals surface area contributed by atoms with Gasteiger partial charge in [-0.25, -0.2) is 0 Å². The highest BCUT2D eigenvalue weighted by Gasteiger charge is 2.34. The van der Waals surface area contributed by atoms with Gasteiger partial charge in [-0.05, 0) is 6.92 Å². The van der Waals surface area contributed by atoms with Crippen LogP contribution >= 0.6 is 23.5 Å². The molecule has 0 saturated carbocycles. The molecule has 0 aliphatic heterocycles. The third kappa shape index (κ3) is 4.24. The van der Waals surface area contributed by atoms with Gasteiger partial charge in [0, 0.05) is 5.56 Å². The molecule has 0 saturated heterocycles. The third-order valence-electron chi connectivity index (χ3n) is 1.94. The maximum absolute atomic E-state index is 11.4. The van der Waals surface area contributed by atoms with Crippen LogP contribution in [0, 0.1) is 0 Å². The van der Waals surface area contributed by atoms with E-state index in [2.05, 4.69) is 15.9 Å². The summed E-state index contributed by atoms with van der Waals surface area (Å²) in [4.78, 5) is 29.1. The minimum atomic E-state index is -4.56. The molecule has 7 heteroatoms. The first-order valence-electron chi connectivity index (χ1n) is 4.77. The van der Waals surface area contributed by atoms with Gasteiger partial charge in [0.05, 0.1) is 0 Å². The van der Waals surface area contributed by atoms with Crippen molar-refractivity contribution in [2.45, 2.75) is 17.6 Å². The van der Waals surface area contributed by atoms with Gasteiger partial charge in [-0.15, -0.1) is 0 Å². The van der Waals surface area contributed by atoms with Crippen LogP contribution in [0.15, 0.2) is 30.3 Å². The zero-order valence-corrected chi connectivity index (χ0v) is 11.5. The molecule has 0 amide bonds. The van der Waals surface area contributed by atoms with Crippen LogP contribution in [0.4, 0.5) is 0 Å². The number of carbonyl (C=O) groups is 1. The van der Waals surface area contributed by atoms with Gasteiger partial charge in [0.1, 0.15) is 4.83 Å². The third-order valence-corrected chi connectivity index (χ3v) is 3.33. The SMILES string of the molecule is CC(Br)C(=O)OC(c1ccccc1)P(=O)(O)O. The van der Waals surface area contributed by atoms with Crippen LogP contribution in [0.1, 0.15) is 18.3 Å². The minimum absolute atomic E-state index is 0.266. The first-order valence-corrected chi connectivity index (χ1v) is 7.37. The number of ether oxygens (including phenoxy) is 1. The Bertz CT molecular complexity index is 428. The molecule has 2 atom stereocenters. The topological polar surface area (TPSA) is 83.8 Å². The molecule has 0 heterocycles. The van der Waals surface area contributed by atoms with E-state index in [-0.39, 0.29) is 5.56 Å². The highest BCUT2D eigenvalue weighted by Crippen LogP contribution is 2.52. The molecule has 1 aromatic rings. The molecule has 0 radical (unpaired) electrons. The summed E-state index contributed by atoms with van der Waals surface area (Å²) in [6.07, 6.45) is 0. The van der Waals surface area contributed by atoms with E-state index in [0.717, 1.165) is 0 Å². The highest BCUT2D eigenvalue weighted by molar-refractivity contribution is 9.10. The molecule has 5 nitrogen and oxygen atoms in total. The average molecular weight is 323 g/mol. The van der Waals surface area contributed by atoms with Crippen LogP contribution in [0.3, 0.4) is 0 Å². The molecule has 0 spiro atoms. The quantitative estimate of drug-likeness (QED) is 0.504. The van der Waals surface area contributed by atoms with E-state index < -0.39 is 24.2 Å². The largest absolute Gasteiger partial charge is 0.444 e. The summed E-state index contributed by atoms with van der Waals surface area (Å²) in [5.41, 5.74) is 0.266. The lowest BCUT2D eigenvalue weighted by Gasteiger charge is -2.19. The fraction of sp³-hybridized carbons (Fsp3) is 0.300. The maximum atomic E-state index is 11.4. The number of alkyl halides is 1. The number of carbonyl (C=O) groups excluding carboxylic acids is 1. The average Bonchev–Trinajstić information content (AvgIpc) is 2.25. The minimum Gasteiger partial charge on any atom is -0.444 e. The first kappa shape index (κ1) is 14.4. The molecule has 2 N–H and O–H groups in total. The normalized spacial score (nSPS) is 15.1. The maximum Gasteiger partial charge on any atom is 0.370 e. The van der Waals surface area contributed by atoms with Crippen molar-refractivity contribution in [2.75, 3.05) is 0 Å². The molecule has 0 bridgehead atoms. The number of halogens is 1. The molecular formula is C10H12BrO5P. The van der Waals surface area contributed by atoms with Crippen LogP contribution in [0.2, 0.25) is 0 Å². The first-order chi connectivity index (χ1) is 7.82. The summed E-state index contributed by atoms with van der Waals surface area (Å²) in [6.45, 7) is 1.52. The number of esters is 1.